The molecular formula is C22H19ClN4O. The van der Waals surface area contributed by atoms with Crippen molar-refractivity contribution in [2.45, 2.75) is 0 Å². The third-order valence-corrected chi connectivity index (χ3v) is 4.65. The highest BCUT2D eigenvalue weighted by atomic mass is 35.5. The second-order valence-electron chi connectivity index (χ2n) is 6.66. The Kier molecular flexibility index (Phi) is 4.75. The van der Waals surface area contributed by atoms with Gasteiger partial charge in [-0.3, -0.25) is 4.79 Å². The van der Waals surface area contributed by atoms with E-state index in [1.165, 1.54) is 0 Å². The van der Waals surface area contributed by atoms with E-state index in [-0.39, 0.29) is 5.91 Å². The molecule has 5 nitrogen and oxygen atoms in total. The van der Waals surface area contributed by atoms with Crippen LogP contribution in [-0.2, 0) is 0 Å². The van der Waals surface area contributed by atoms with Gasteiger partial charge >= 0.3 is 0 Å². The number of para-hydroxylation sites is 1. The Morgan fingerprint density at radius 3 is 2.57 bits per heavy atom. The van der Waals surface area contributed by atoms with Crippen LogP contribution in [0.5, 0.6) is 0 Å². The number of aromatic nitrogens is 2. The summed E-state index contributed by atoms with van der Waals surface area (Å²) in [7, 11) is 3.48. The molecule has 1 amide bonds. The number of fused-ring (bicyclic) bond motifs is 1. The van der Waals surface area contributed by atoms with E-state index in [2.05, 4.69) is 5.32 Å². The van der Waals surface area contributed by atoms with Gasteiger partial charge in [0.1, 0.15) is 0 Å². The SMILES string of the molecule is CN(C)C(=O)c1cccc(-n2nc(Nc3cccc(Cl)c3)c3ccccc32)c1. The van der Waals surface area contributed by atoms with Crippen molar-refractivity contribution in [3.63, 3.8) is 0 Å². The molecule has 4 rings (SSSR count). The predicted molar refractivity (Wildman–Crippen MR) is 114 cm³/mol. The minimum Gasteiger partial charge on any atom is -0.345 e. The summed E-state index contributed by atoms with van der Waals surface area (Å²) < 4.78 is 1.84. The predicted octanol–water partition coefficient (Wildman–Crippen LogP) is 5.12. The Hall–Kier alpha value is -3.31. The molecule has 0 saturated heterocycles. The molecule has 3 aromatic carbocycles. The van der Waals surface area contributed by atoms with Crippen molar-refractivity contribution in [3.8, 4) is 5.69 Å². The van der Waals surface area contributed by atoms with E-state index in [4.69, 9.17) is 16.7 Å². The standard InChI is InChI=1S/C22H19ClN4O/c1-26(2)22(28)15-7-5-10-18(13-15)27-20-12-4-3-11-19(20)21(25-27)24-17-9-6-8-16(23)14-17/h3-14H,1-2H3,(H,24,25). The third kappa shape index (κ3) is 3.44. The molecule has 0 aliphatic heterocycles. The smallest absolute Gasteiger partial charge is 0.253 e. The van der Waals surface area contributed by atoms with Gasteiger partial charge in [-0.15, -0.1) is 5.10 Å². The first-order chi connectivity index (χ1) is 13.5. The molecule has 0 atom stereocenters. The van der Waals surface area contributed by atoms with Crippen molar-refractivity contribution in [1.29, 1.82) is 0 Å². The van der Waals surface area contributed by atoms with Gasteiger partial charge in [-0.05, 0) is 48.5 Å². The van der Waals surface area contributed by atoms with E-state index < -0.39 is 0 Å². The zero-order valence-electron chi connectivity index (χ0n) is 15.6. The van der Waals surface area contributed by atoms with Crippen LogP contribution in [0.2, 0.25) is 5.02 Å². The molecule has 4 aromatic rings. The first-order valence-corrected chi connectivity index (χ1v) is 9.23. The third-order valence-electron chi connectivity index (χ3n) is 4.42. The molecule has 1 N–H and O–H groups in total. The van der Waals surface area contributed by atoms with E-state index >= 15 is 0 Å². The van der Waals surface area contributed by atoms with Crippen LogP contribution in [0.4, 0.5) is 11.5 Å². The molecule has 0 fully saturated rings. The molecule has 6 heteroatoms. The molecule has 0 aliphatic rings. The van der Waals surface area contributed by atoms with Crippen molar-refractivity contribution >= 4 is 39.9 Å². The maximum absolute atomic E-state index is 12.3. The van der Waals surface area contributed by atoms with Gasteiger partial charge in [0.05, 0.1) is 11.2 Å². The lowest BCUT2D eigenvalue weighted by Gasteiger charge is -2.11. The summed E-state index contributed by atoms with van der Waals surface area (Å²) in [5, 5.41) is 9.74. The van der Waals surface area contributed by atoms with Crippen LogP contribution >= 0.6 is 11.6 Å². The summed E-state index contributed by atoms with van der Waals surface area (Å²) in [6.45, 7) is 0. The van der Waals surface area contributed by atoms with Crippen molar-refractivity contribution in [2.24, 2.45) is 0 Å². The molecule has 0 radical (unpaired) electrons. The van der Waals surface area contributed by atoms with Crippen molar-refractivity contribution in [1.82, 2.24) is 14.7 Å². The van der Waals surface area contributed by atoms with E-state index in [1.54, 1.807) is 19.0 Å². The molecule has 1 heterocycles. The zero-order chi connectivity index (χ0) is 19.7. The van der Waals surface area contributed by atoms with Gasteiger partial charge in [-0.1, -0.05) is 35.9 Å². The highest BCUT2D eigenvalue weighted by molar-refractivity contribution is 6.30. The minimum atomic E-state index is -0.0458. The second-order valence-corrected chi connectivity index (χ2v) is 7.10. The van der Waals surface area contributed by atoms with E-state index in [1.807, 2.05) is 77.5 Å². The van der Waals surface area contributed by atoms with Crippen molar-refractivity contribution in [3.05, 3.63) is 83.4 Å². The maximum atomic E-state index is 12.3. The molecule has 140 valence electrons. The molecular weight excluding hydrogens is 372 g/mol. The summed E-state index contributed by atoms with van der Waals surface area (Å²) in [6, 6.07) is 22.9. The molecule has 0 saturated carbocycles. The minimum absolute atomic E-state index is 0.0458. The van der Waals surface area contributed by atoms with Crippen LogP contribution < -0.4 is 5.32 Å². The fraction of sp³-hybridized carbons (Fsp3) is 0.0909. The largest absolute Gasteiger partial charge is 0.345 e. The zero-order valence-corrected chi connectivity index (χ0v) is 16.3. The highest BCUT2D eigenvalue weighted by Gasteiger charge is 2.14. The van der Waals surface area contributed by atoms with E-state index in [0.29, 0.717) is 10.6 Å². The summed E-state index contributed by atoms with van der Waals surface area (Å²) in [4.78, 5) is 13.9. The quantitative estimate of drug-likeness (QED) is 0.526. The number of nitrogens with one attached hydrogen (secondary N) is 1. The maximum Gasteiger partial charge on any atom is 0.253 e. The monoisotopic (exact) mass is 390 g/mol. The second kappa shape index (κ2) is 7.37. The number of hydrogen-bond acceptors (Lipinski definition) is 3. The summed E-state index contributed by atoms with van der Waals surface area (Å²) in [6.07, 6.45) is 0. The summed E-state index contributed by atoms with van der Waals surface area (Å²) in [5.41, 5.74) is 3.25. The number of halogens is 1. The molecule has 0 unspecified atom stereocenters. The molecule has 0 aliphatic carbocycles. The Bertz CT molecular complexity index is 1170. The van der Waals surface area contributed by atoms with Gasteiger partial charge in [-0.2, -0.15) is 0 Å². The van der Waals surface area contributed by atoms with E-state index in [9.17, 15) is 4.79 Å². The first kappa shape index (κ1) is 18.1. The van der Waals surface area contributed by atoms with Crippen LogP contribution in [0.15, 0.2) is 72.8 Å². The lowest BCUT2D eigenvalue weighted by Crippen LogP contribution is -2.21. The number of rotatable bonds is 4. The lowest BCUT2D eigenvalue weighted by atomic mass is 10.1. The number of amides is 1. The van der Waals surface area contributed by atoms with Crippen molar-refractivity contribution < 1.29 is 4.79 Å². The topological polar surface area (TPSA) is 50.2 Å². The number of carbonyl (C=O) groups excluding carboxylic acids is 1. The van der Waals surface area contributed by atoms with Gasteiger partial charge in [0, 0.05) is 35.8 Å². The fourth-order valence-corrected chi connectivity index (χ4v) is 3.28. The van der Waals surface area contributed by atoms with Crippen LogP contribution in [-0.4, -0.2) is 34.7 Å². The number of nitrogens with zero attached hydrogens (tertiary/aromatic N) is 3. The molecule has 28 heavy (non-hydrogen) atoms. The number of hydrogen-bond donors (Lipinski definition) is 1. The lowest BCUT2D eigenvalue weighted by molar-refractivity contribution is 0.0827. The normalized spacial score (nSPS) is 10.8. The Balaban J connectivity index is 1.81. The Morgan fingerprint density at radius 2 is 1.79 bits per heavy atom. The average Bonchev–Trinajstić information content (AvgIpc) is 3.06. The van der Waals surface area contributed by atoms with Gasteiger partial charge in [0.15, 0.2) is 5.82 Å². The highest BCUT2D eigenvalue weighted by Crippen LogP contribution is 2.29. The van der Waals surface area contributed by atoms with Gasteiger partial charge < -0.3 is 10.2 Å². The van der Waals surface area contributed by atoms with Crippen molar-refractivity contribution in [2.75, 3.05) is 19.4 Å². The van der Waals surface area contributed by atoms with Gasteiger partial charge in [0.25, 0.3) is 5.91 Å². The molecule has 0 spiro atoms. The van der Waals surface area contributed by atoms with Crippen LogP contribution in [0.3, 0.4) is 0 Å². The van der Waals surface area contributed by atoms with E-state index in [0.717, 1.165) is 28.1 Å². The van der Waals surface area contributed by atoms with Gasteiger partial charge in [-0.25, -0.2) is 4.68 Å². The number of anilines is 2. The summed E-state index contributed by atoms with van der Waals surface area (Å²) >= 11 is 6.10. The first-order valence-electron chi connectivity index (χ1n) is 8.85. The fourth-order valence-electron chi connectivity index (χ4n) is 3.09. The number of carbonyl (C=O) groups is 1. The summed E-state index contributed by atoms with van der Waals surface area (Å²) in [5.74, 6) is 0.679. The molecule has 1 aromatic heterocycles. The Morgan fingerprint density at radius 1 is 1.00 bits per heavy atom. The van der Waals surface area contributed by atoms with Crippen LogP contribution in [0.25, 0.3) is 16.6 Å². The number of benzene rings is 3. The molecule has 0 bridgehead atoms. The average molecular weight is 391 g/mol. The van der Waals surface area contributed by atoms with Crippen LogP contribution in [0, 0.1) is 0 Å². The van der Waals surface area contributed by atoms with Crippen LogP contribution in [0.1, 0.15) is 10.4 Å². The Labute approximate surface area is 168 Å². The van der Waals surface area contributed by atoms with Gasteiger partial charge in [0.2, 0.25) is 0 Å².